The van der Waals surface area contributed by atoms with Gasteiger partial charge in [0.2, 0.25) is 11.6 Å². The summed E-state index contributed by atoms with van der Waals surface area (Å²) < 4.78 is 5.30. The molecule has 9 nitrogen and oxygen atoms in total. The molecule has 1 fully saturated rings. The van der Waals surface area contributed by atoms with E-state index in [2.05, 4.69) is 20.2 Å². The van der Waals surface area contributed by atoms with Crippen molar-refractivity contribution in [3.05, 3.63) is 16.4 Å². The molecule has 22 heavy (non-hydrogen) atoms. The lowest BCUT2D eigenvalue weighted by atomic mass is 10.3. The molecule has 122 valence electrons. The van der Waals surface area contributed by atoms with Crippen LogP contribution in [0.5, 0.6) is 0 Å². The fourth-order valence-electron chi connectivity index (χ4n) is 2.33. The van der Waals surface area contributed by atoms with Crippen molar-refractivity contribution in [2.75, 3.05) is 63.7 Å². The van der Waals surface area contributed by atoms with Crippen molar-refractivity contribution in [1.82, 2.24) is 14.9 Å². The van der Waals surface area contributed by atoms with Crippen LogP contribution in [-0.2, 0) is 4.74 Å². The molecule has 9 heteroatoms. The lowest BCUT2D eigenvalue weighted by Crippen LogP contribution is -2.37. The average molecular weight is 310 g/mol. The fourth-order valence-corrected chi connectivity index (χ4v) is 2.33. The third-order valence-electron chi connectivity index (χ3n) is 3.46. The van der Waals surface area contributed by atoms with E-state index in [0.29, 0.717) is 12.4 Å². The van der Waals surface area contributed by atoms with Crippen molar-refractivity contribution in [2.45, 2.75) is 6.42 Å². The van der Waals surface area contributed by atoms with Crippen molar-refractivity contribution in [3.8, 4) is 0 Å². The Labute approximate surface area is 129 Å². The normalized spacial score (nSPS) is 15.5. The monoisotopic (exact) mass is 310 g/mol. The lowest BCUT2D eigenvalue weighted by Gasteiger charge is -2.26. The minimum atomic E-state index is -0.445. The first-order chi connectivity index (χ1) is 10.6. The van der Waals surface area contributed by atoms with Gasteiger partial charge in [-0.1, -0.05) is 0 Å². The summed E-state index contributed by atoms with van der Waals surface area (Å²) in [7, 11) is 3.44. The van der Waals surface area contributed by atoms with Crippen LogP contribution in [0.15, 0.2) is 6.33 Å². The van der Waals surface area contributed by atoms with Gasteiger partial charge < -0.3 is 15.0 Å². The van der Waals surface area contributed by atoms with E-state index < -0.39 is 4.92 Å². The van der Waals surface area contributed by atoms with Crippen LogP contribution in [0.2, 0.25) is 0 Å². The molecule has 0 bridgehead atoms. The Balaban J connectivity index is 1.91. The predicted molar refractivity (Wildman–Crippen MR) is 83.4 cm³/mol. The average Bonchev–Trinajstić information content (AvgIpc) is 2.52. The Kier molecular flexibility index (Phi) is 5.84. The third kappa shape index (κ3) is 4.25. The van der Waals surface area contributed by atoms with Gasteiger partial charge in [-0.25, -0.2) is 9.97 Å². The van der Waals surface area contributed by atoms with E-state index in [9.17, 15) is 10.1 Å². The molecule has 0 radical (unpaired) electrons. The highest BCUT2D eigenvalue weighted by Gasteiger charge is 2.23. The van der Waals surface area contributed by atoms with Crippen molar-refractivity contribution in [1.29, 1.82) is 0 Å². The van der Waals surface area contributed by atoms with E-state index in [1.165, 1.54) is 6.33 Å². The number of hydrogen-bond acceptors (Lipinski definition) is 8. The number of hydrogen-bond donors (Lipinski definition) is 1. The number of morpholine rings is 1. The molecule has 1 aromatic heterocycles. The maximum atomic E-state index is 11.3. The molecule has 1 aliphatic heterocycles. The third-order valence-corrected chi connectivity index (χ3v) is 3.46. The second kappa shape index (κ2) is 7.85. The summed E-state index contributed by atoms with van der Waals surface area (Å²) in [5.41, 5.74) is -0.0844. The van der Waals surface area contributed by atoms with E-state index in [1.54, 1.807) is 19.0 Å². The van der Waals surface area contributed by atoms with Crippen LogP contribution in [0.3, 0.4) is 0 Å². The molecule has 0 spiro atoms. The summed E-state index contributed by atoms with van der Waals surface area (Å²) in [5, 5.41) is 14.3. The molecule has 0 amide bonds. The van der Waals surface area contributed by atoms with Gasteiger partial charge in [0.05, 0.1) is 18.1 Å². The Hall–Kier alpha value is -2.00. The van der Waals surface area contributed by atoms with Crippen molar-refractivity contribution in [2.24, 2.45) is 0 Å². The van der Waals surface area contributed by atoms with Gasteiger partial charge in [0.15, 0.2) is 0 Å². The number of aromatic nitrogens is 2. The van der Waals surface area contributed by atoms with Gasteiger partial charge in [-0.3, -0.25) is 15.0 Å². The van der Waals surface area contributed by atoms with Crippen LogP contribution in [0, 0.1) is 10.1 Å². The van der Waals surface area contributed by atoms with E-state index in [1.807, 2.05) is 0 Å². The molecule has 1 N–H and O–H groups in total. The summed E-state index contributed by atoms with van der Waals surface area (Å²) in [6, 6.07) is 0. The highest BCUT2D eigenvalue weighted by atomic mass is 16.6. The molecular formula is C13H22N6O3. The SMILES string of the molecule is CN(C)c1ncnc(NCCCN2CCOCC2)c1[N+](=O)[O-]. The van der Waals surface area contributed by atoms with Crippen LogP contribution >= 0.6 is 0 Å². The Bertz CT molecular complexity index is 505. The second-order valence-electron chi connectivity index (χ2n) is 5.28. The molecule has 0 unspecified atom stereocenters. The number of nitro groups is 1. The number of anilines is 2. The van der Waals surface area contributed by atoms with Gasteiger partial charge in [-0.05, 0) is 13.0 Å². The number of rotatable bonds is 7. The first-order valence-electron chi connectivity index (χ1n) is 7.30. The van der Waals surface area contributed by atoms with Crippen LogP contribution in [0.25, 0.3) is 0 Å². The largest absolute Gasteiger partial charge is 0.379 e. The summed E-state index contributed by atoms with van der Waals surface area (Å²) in [6.45, 7) is 5.00. The standard InChI is InChI=1S/C13H22N6O3/c1-17(2)13-11(19(20)21)12(15-10-16-13)14-4-3-5-18-6-8-22-9-7-18/h10H,3-9H2,1-2H3,(H,14,15,16). The minimum absolute atomic E-state index is 0.0844. The highest BCUT2D eigenvalue weighted by Crippen LogP contribution is 2.30. The molecular weight excluding hydrogens is 288 g/mol. The lowest BCUT2D eigenvalue weighted by molar-refractivity contribution is -0.383. The quantitative estimate of drug-likeness (QED) is 0.444. The Morgan fingerprint density at radius 2 is 2.14 bits per heavy atom. The Morgan fingerprint density at radius 1 is 1.41 bits per heavy atom. The van der Waals surface area contributed by atoms with Gasteiger partial charge in [0.1, 0.15) is 6.33 Å². The summed E-state index contributed by atoms with van der Waals surface area (Å²) in [4.78, 5) is 22.7. The van der Waals surface area contributed by atoms with Gasteiger partial charge >= 0.3 is 5.69 Å². The summed E-state index contributed by atoms with van der Waals surface area (Å²) in [5.74, 6) is 0.571. The second-order valence-corrected chi connectivity index (χ2v) is 5.28. The molecule has 2 heterocycles. The maximum absolute atomic E-state index is 11.3. The van der Waals surface area contributed by atoms with E-state index in [-0.39, 0.29) is 11.5 Å². The number of ether oxygens (including phenoxy) is 1. The topological polar surface area (TPSA) is 96.7 Å². The molecule has 0 saturated carbocycles. The van der Waals surface area contributed by atoms with Crippen LogP contribution in [0.4, 0.5) is 17.3 Å². The highest BCUT2D eigenvalue weighted by molar-refractivity contribution is 5.69. The van der Waals surface area contributed by atoms with Crippen molar-refractivity contribution >= 4 is 17.3 Å². The van der Waals surface area contributed by atoms with E-state index in [4.69, 9.17) is 4.74 Å². The van der Waals surface area contributed by atoms with Crippen LogP contribution < -0.4 is 10.2 Å². The fraction of sp³-hybridized carbons (Fsp3) is 0.692. The zero-order chi connectivity index (χ0) is 15.9. The van der Waals surface area contributed by atoms with Gasteiger partial charge in [-0.2, -0.15) is 0 Å². The van der Waals surface area contributed by atoms with Crippen molar-refractivity contribution < 1.29 is 9.66 Å². The van der Waals surface area contributed by atoms with Gasteiger partial charge in [-0.15, -0.1) is 0 Å². The van der Waals surface area contributed by atoms with Crippen LogP contribution in [-0.4, -0.2) is 73.3 Å². The van der Waals surface area contributed by atoms with Gasteiger partial charge in [0.25, 0.3) is 0 Å². The van der Waals surface area contributed by atoms with E-state index >= 15 is 0 Å². The smallest absolute Gasteiger partial charge is 0.353 e. The predicted octanol–water partition coefficient (Wildman–Crippen LogP) is 0.585. The van der Waals surface area contributed by atoms with Gasteiger partial charge in [0, 0.05) is 33.7 Å². The Morgan fingerprint density at radius 3 is 2.77 bits per heavy atom. The number of nitrogens with zero attached hydrogens (tertiary/aromatic N) is 5. The first kappa shape index (κ1) is 16.4. The molecule has 1 saturated heterocycles. The minimum Gasteiger partial charge on any atom is -0.379 e. The maximum Gasteiger partial charge on any atom is 0.353 e. The first-order valence-corrected chi connectivity index (χ1v) is 7.30. The zero-order valence-corrected chi connectivity index (χ0v) is 13.0. The van der Waals surface area contributed by atoms with Crippen LogP contribution in [0.1, 0.15) is 6.42 Å². The molecule has 2 rings (SSSR count). The molecule has 1 aliphatic rings. The van der Waals surface area contributed by atoms with E-state index in [0.717, 1.165) is 39.3 Å². The number of nitrogens with one attached hydrogen (secondary N) is 1. The summed E-state index contributed by atoms with van der Waals surface area (Å²) >= 11 is 0. The molecule has 1 aromatic rings. The zero-order valence-electron chi connectivity index (χ0n) is 13.0. The summed E-state index contributed by atoms with van der Waals surface area (Å²) in [6.07, 6.45) is 2.23. The molecule has 0 aromatic carbocycles. The van der Waals surface area contributed by atoms with Crippen molar-refractivity contribution in [3.63, 3.8) is 0 Å². The molecule has 0 atom stereocenters. The molecule has 0 aliphatic carbocycles.